The van der Waals surface area contributed by atoms with Gasteiger partial charge in [0.15, 0.2) is 0 Å². The Labute approximate surface area is 247 Å². The number of carbonyl (C=O) groups is 1. The number of hydrogen-bond acceptors (Lipinski definition) is 4. The second-order valence-electron chi connectivity index (χ2n) is 10.5. The molecule has 0 amide bonds. The third kappa shape index (κ3) is 5.94. The number of sulfonamides is 1. The number of aryl methyl sites for hydroxylation is 1. The Morgan fingerprint density at radius 1 is 0.905 bits per heavy atom. The Morgan fingerprint density at radius 2 is 1.62 bits per heavy atom. The summed E-state index contributed by atoms with van der Waals surface area (Å²) in [5, 5.41) is 9.85. The van der Waals surface area contributed by atoms with Gasteiger partial charge in [0.2, 0.25) is 10.0 Å². The molecule has 4 aromatic carbocycles. The first-order valence-electron chi connectivity index (χ1n) is 14.1. The molecule has 0 aliphatic carbocycles. The molecule has 0 bridgehead atoms. The van der Waals surface area contributed by atoms with Crippen LogP contribution in [-0.4, -0.2) is 41.8 Å². The van der Waals surface area contributed by atoms with Gasteiger partial charge in [0.25, 0.3) is 0 Å². The number of anilines is 1. The predicted molar refractivity (Wildman–Crippen MR) is 169 cm³/mol. The molecule has 0 spiro atoms. The number of unbranched alkanes of at least 4 members (excludes halogenated alkanes) is 1. The van der Waals surface area contributed by atoms with E-state index in [-0.39, 0.29) is 5.56 Å². The van der Waals surface area contributed by atoms with Crippen LogP contribution in [0.4, 0.5) is 5.69 Å². The highest BCUT2D eigenvalue weighted by Gasteiger charge is 2.22. The molecule has 216 valence electrons. The van der Waals surface area contributed by atoms with E-state index in [1.165, 1.54) is 10.6 Å². The number of imidazole rings is 1. The molecule has 1 heterocycles. The fourth-order valence-corrected chi connectivity index (χ4v) is 6.38. The number of benzene rings is 4. The zero-order valence-electron chi connectivity index (χ0n) is 24.1. The summed E-state index contributed by atoms with van der Waals surface area (Å²) < 4.78 is 29.5. The third-order valence-electron chi connectivity index (χ3n) is 7.59. The van der Waals surface area contributed by atoms with E-state index in [0.29, 0.717) is 24.2 Å². The molecule has 0 radical (unpaired) electrons. The van der Waals surface area contributed by atoms with Crippen LogP contribution in [0.5, 0.6) is 0 Å². The minimum atomic E-state index is -3.56. The minimum Gasteiger partial charge on any atom is -0.478 e. The van der Waals surface area contributed by atoms with Gasteiger partial charge in [-0.25, -0.2) is 18.2 Å². The van der Waals surface area contributed by atoms with Gasteiger partial charge in [0, 0.05) is 13.0 Å². The Kier molecular flexibility index (Phi) is 8.45. The van der Waals surface area contributed by atoms with E-state index in [1.807, 2.05) is 85.8 Å². The average Bonchev–Trinajstić information content (AvgIpc) is 3.33. The van der Waals surface area contributed by atoms with Gasteiger partial charge in [-0.1, -0.05) is 74.0 Å². The quantitative estimate of drug-likeness (QED) is 0.180. The second-order valence-corrected chi connectivity index (χ2v) is 12.4. The van der Waals surface area contributed by atoms with Crippen molar-refractivity contribution in [1.29, 1.82) is 0 Å². The van der Waals surface area contributed by atoms with Crippen LogP contribution in [0.3, 0.4) is 0 Å². The molecule has 1 N–H and O–H groups in total. The maximum absolute atomic E-state index is 13.0. The van der Waals surface area contributed by atoms with Crippen molar-refractivity contribution >= 4 is 32.7 Å². The Bertz CT molecular complexity index is 1850. The number of rotatable bonds is 11. The van der Waals surface area contributed by atoms with E-state index >= 15 is 0 Å². The van der Waals surface area contributed by atoms with Gasteiger partial charge in [-0.15, -0.1) is 0 Å². The van der Waals surface area contributed by atoms with Crippen LogP contribution >= 0.6 is 0 Å². The number of carboxylic acids is 1. The van der Waals surface area contributed by atoms with Crippen LogP contribution in [0.2, 0.25) is 0 Å². The highest BCUT2D eigenvalue weighted by atomic mass is 32.2. The summed E-state index contributed by atoms with van der Waals surface area (Å²) in [5.74, 6) is -0.0981. The molecule has 5 aromatic rings. The molecule has 0 aliphatic heterocycles. The molecule has 7 nitrogen and oxygen atoms in total. The van der Waals surface area contributed by atoms with Crippen molar-refractivity contribution in [2.45, 2.75) is 39.5 Å². The molecule has 0 atom stereocenters. The average molecular weight is 582 g/mol. The summed E-state index contributed by atoms with van der Waals surface area (Å²) in [7, 11) is -3.56. The number of fused-ring (bicyclic) bond motifs is 1. The molecule has 0 saturated carbocycles. The first kappa shape index (κ1) is 29.1. The van der Waals surface area contributed by atoms with Crippen molar-refractivity contribution in [2.75, 3.05) is 17.1 Å². The van der Waals surface area contributed by atoms with E-state index in [1.54, 1.807) is 12.1 Å². The molecule has 0 saturated heterocycles. The Hall–Kier alpha value is -4.43. The Morgan fingerprint density at radius 3 is 2.33 bits per heavy atom. The zero-order valence-corrected chi connectivity index (χ0v) is 24.9. The number of carboxylic acid groups (broad SMARTS) is 1. The fourth-order valence-electron chi connectivity index (χ4n) is 5.46. The molecule has 5 rings (SSSR count). The second kappa shape index (κ2) is 12.2. The number of nitrogens with zero attached hydrogens (tertiary/aromatic N) is 3. The molecule has 0 aliphatic rings. The van der Waals surface area contributed by atoms with Crippen LogP contribution in [0, 0.1) is 6.92 Å². The number of hydrogen-bond donors (Lipinski definition) is 1. The van der Waals surface area contributed by atoms with E-state index in [0.717, 1.165) is 58.5 Å². The zero-order chi connectivity index (χ0) is 29.9. The molecule has 0 unspecified atom stereocenters. The topological polar surface area (TPSA) is 92.5 Å². The van der Waals surface area contributed by atoms with Gasteiger partial charge < -0.3 is 5.11 Å². The van der Waals surface area contributed by atoms with E-state index in [9.17, 15) is 18.3 Å². The molecule has 42 heavy (non-hydrogen) atoms. The normalized spacial score (nSPS) is 11.6. The lowest BCUT2D eigenvalue weighted by Crippen LogP contribution is -2.31. The summed E-state index contributed by atoms with van der Waals surface area (Å²) in [4.78, 5) is 17.0. The molecule has 1 aromatic heterocycles. The molecular formula is C34H35N3O4S. The van der Waals surface area contributed by atoms with Gasteiger partial charge in [0.1, 0.15) is 5.82 Å². The summed E-state index contributed by atoms with van der Waals surface area (Å²) in [6, 6.07) is 28.3. The smallest absolute Gasteiger partial charge is 0.336 e. The van der Waals surface area contributed by atoms with E-state index < -0.39 is 16.0 Å². The number of aromatic carboxylic acids is 1. The fraction of sp³-hybridized carbons (Fsp3) is 0.235. The maximum Gasteiger partial charge on any atom is 0.336 e. The van der Waals surface area contributed by atoms with Crippen molar-refractivity contribution < 1.29 is 18.3 Å². The van der Waals surface area contributed by atoms with Crippen LogP contribution < -0.4 is 4.31 Å². The minimum absolute atomic E-state index is 0.240. The molecular weight excluding hydrogens is 546 g/mol. The summed E-state index contributed by atoms with van der Waals surface area (Å²) in [6.45, 7) is 4.44. The van der Waals surface area contributed by atoms with Gasteiger partial charge in [-0.2, -0.15) is 0 Å². The maximum atomic E-state index is 13.0. The van der Waals surface area contributed by atoms with Gasteiger partial charge in [-0.05, 0) is 72.4 Å². The standard InChI is InChI=1S/C34H35N3O4S/c1-4-5-18-33-35-30-20-19-26(36(42(3,40)41)22-21-25-12-7-6-8-13-25)23-32(30)37(33)31-17-11-16-27(24(31)2)28-14-9-10-15-29(28)34(38)39/h6-17,19-20,23H,4-5,18,21-22H2,1-3H3,(H,38,39). The molecule has 8 heteroatoms. The lowest BCUT2D eigenvalue weighted by molar-refractivity contribution is 0.0697. The van der Waals surface area contributed by atoms with Crippen LogP contribution in [0.15, 0.2) is 91.0 Å². The monoisotopic (exact) mass is 581 g/mol. The third-order valence-corrected chi connectivity index (χ3v) is 8.78. The Balaban J connectivity index is 1.66. The predicted octanol–water partition coefficient (Wildman–Crippen LogP) is 7.05. The lowest BCUT2D eigenvalue weighted by Gasteiger charge is -2.23. The highest BCUT2D eigenvalue weighted by molar-refractivity contribution is 7.92. The first-order chi connectivity index (χ1) is 20.2. The van der Waals surface area contributed by atoms with Crippen molar-refractivity contribution in [1.82, 2.24) is 9.55 Å². The van der Waals surface area contributed by atoms with Gasteiger partial charge in [0.05, 0.1) is 34.2 Å². The van der Waals surface area contributed by atoms with Crippen molar-refractivity contribution in [3.05, 3.63) is 114 Å². The lowest BCUT2D eigenvalue weighted by atomic mass is 9.95. The molecule has 0 fully saturated rings. The number of aromatic nitrogens is 2. The highest BCUT2D eigenvalue weighted by Crippen LogP contribution is 2.34. The van der Waals surface area contributed by atoms with Crippen LogP contribution in [0.1, 0.15) is 47.1 Å². The van der Waals surface area contributed by atoms with Crippen molar-refractivity contribution in [3.8, 4) is 16.8 Å². The SMILES string of the molecule is CCCCc1nc2ccc(N(CCc3ccccc3)S(C)(=O)=O)cc2n1-c1cccc(-c2ccccc2C(=O)O)c1C. The van der Waals surface area contributed by atoms with Crippen molar-refractivity contribution in [2.24, 2.45) is 0 Å². The van der Waals surface area contributed by atoms with Gasteiger partial charge in [-0.3, -0.25) is 8.87 Å². The van der Waals surface area contributed by atoms with Crippen LogP contribution in [-0.2, 0) is 22.9 Å². The summed E-state index contributed by atoms with van der Waals surface area (Å²) >= 11 is 0. The van der Waals surface area contributed by atoms with Crippen molar-refractivity contribution in [3.63, 3.8) is 0 Å². The van der Waals surface area contributed by atoms with E-state index in [4.69, 9.17) is 4.98 Å². The van der Waals surface area contributed by atoms with Gasteiger partial charge >= 0.3 is 5.97 Å². The summed E-state index contributed by atoms with van der Waals surface area (Å²) in [6.07, 6.45) is 4.51. The van der Waals surface area contributed by atoms with E-state index in [2.05, 4.69) is 11.5 Å². The summed E-state index contributed by atoms with van der Waals surface area (Å²) in [5.41, 5.74) is 6.73. The first-order valence-corrected chi connectivity index (χ1v) is 16.0. The largest absolute Gasteiger partial charge is 0.478 e. The van der Waals surface area contributed by atoms with Crippen LogP contribution in [0.25, 0.3) is 27.8 Å².